The molecule has 66 valence electrons. The molecule has 2 aliphatic rings. The van der Waals surface area contributed by atoms with Crippen LogP contribution >= 0.6 is 0 Å². The Hall–Kier alpha value is -1.64. The van der Waals surface area contributed by atoms with E-state index in [0.717, 1.165) is 11.1 Å². The van der Waals surface area contributed by atoms with Crippen molar-refractivity contribution >= 4 is 12.2 Å². The van der Waals surface area contributed by atoms with E-state index in [-0.39, 0.29) is 0 Å². The molecule has 3 heteroatoms. The number of hydrogen-bond acceptors (Lipinski definition) is 2. The molecule has 0 amide bonds. The highest BCUT2D eigenvalue weighted by atomic mass is 16.4. The van der Waals surface area contributed by atoms with Gasteiger partial charge in [-0.1, -0.05) is 18.2 Å². The second-order valence-corrected chi connectivity index (χ2v) is 2.99. The third-order valence-electron chi connectivity index (χ3n) is 2.18. The van der Waals surface area contributed by atoms with E-state index < -0.39 is 5.97 Å². The normalized spacial score (nSPS) is 19.8. The number of allylic oxidation sites excluding steroid dienone is 3. The minimum atomic E-state index is -0.889. The standard InChI is InChI=1S/C10H9NO2/c12-10(13)9-6-11-5-7-3-1-2-4-8(7)9/h1-3,6H,4-5H2,(H,12,13). The van der Waals surface area contributed by atoms with E-state index in [2.05, 4.69) is 4.99 Å². The van der Waals surface area contributed by atoms with Gasteiger partial charge in [0.25, 0.3) is 0 Å². The molecule has 0 aromatic rings. The minimum absolute atomic E-state index is 0.335. The lowest BCUT2D eigenvalue weighted by atomic mass is 9.92. The van der Waals surface area contributed by atoms with Crippen LogP contribution in [-0.2, 0) is 4.79 Å². The molecule has 0 unspecified atom stereocenters. The van der Waals surface area contributed by atoms with E-state index in [4.69, 9.17) is 5.11 Å². The zero-order valence-corrected chi connectivity index (χ0v) is 7.03. The summed E-state index contributed by atoms with van der Waals surface area (Å²) in [5, 5.41) is 8.88. The quantitative estimate of drug-likeness (QED) is 0.653. The van der Waals surface area contributed by atoms with E-state index in [9.17, 15) is 4.79 Å². The van der Waals surface area contributed by atoms with Gasteiger partial charge in [-0.25, -0.2) is 4.79 Å². The molecule has 0 bridgehead atoms. The van der Waals surface area contributed by atoms with Crippen LogP contribution in [0.1, 0.15) is 6.42 Å². The SMILES string of the molecule is O=C(O)C1=C2CC=CC=C2CN=C1. The van der Waals surface area contributed by atoms with Crippen LogP contribution in [0.2, 0.25) is 0 Å². The number of carboxylic acid groups (broad SMARTS) is 1. The first-order valence-electron chi connectivity index (χ1n) is 4.11. The van der Waals surface area contributed by atoms with Crippen LogP contribution in [0.25, 0.3) is 0 Å². The van der Waals surface area contributed by atoms with E-state index in [1.165, 1.54) is 6.21 Å². The van der Waals surface area contributed by atoms with Crippen LogP contribution in [0.15, 0.2) is 39.9 Å². The van der Waals surface area contributed by atoms with Crippen LogP contribution in [0.5, 0.6) is 0 Å². The number of carboxylic acids is 1. The van der Waals surface area contributed by atoms with Gasteiger partial charge in [-0.15, -0.1) is 0 Å². The minimum Gasteiger partial charge on any atom is -0.478 e. The van der Waals surface area contributed by atoms with Crippen molar-refractivity contribution in [2.24, 2.45) is 4.99 Å². The summed E-state index contributed by atoms with van der Waals surface area (Å²) >= 11 is 0. The lowest BCUT2D eigenvalue weighted by Gasteiger charge is -2.17. The number of fused-ring (bicyclic) bond motifs is 1. The third kappa shape index (κ3) is 1.33. The maximum Gasteiger partial charge on any atom is 0.337 e. The fourth-order valence-corrected chi connectivity index (χ4v) is 1.53. The summed E-state index contributed by atoms with van der Waals surface area (Å²) in [5.41, 5.74) is 2.27. The molecule has 0 saturated heterocycles. The Morgan fingerprint density at radius 2 is 2.38 bits per heavy atom. The van der Waals surface area contributed by atoms with Gasteiger partial charge in [0, 0.05) is 6.21 Å². The van der Waals surface area contributed by atoms with Crippen molar-refractivity contribution in [1.29, 1.82) is 0 Å². The molecule has 2 rings (SSSR count). The summed E-state index contributed by atoms with van der Waals surface area (Å²) in [7, 11) is 0. The summed E-state index contributed by atoms with van der Waals surface area (Å²) < 4.78 is 0. The fraction of sp³-hybridized carbons (Fsp3) is 0.200. The van der Waals surface area contributed by atoms with Gasteiger partial charge in [-0.05, 0) is 17.6 Å². The number of carbonyl (C=O) groups is 1. The second-order valence-electron chi connectivity index (χ2n) is 2.99. The first-order valence-corrected chi connectivity index (χ1v) is 4.11. The summed E-state index contributed by atoms with van der Waals surface area (Å²) in [6, 6.07) is 0. The van der Waals surface area contributed by atoms with Gasteiger partial charge in [0.1, 0.15) is 0 Å². The van der Waals surface area contributed by atoms with E-state index in [1.54, 1.807) is 0 Å². The molecule has 0 radical (unpaired) electrons. The highest BCUT2D eigenvalue weighted by molar-refractivity contribution is 6.10. The molecular formula is C10H9NO2. The molecule has 0 saturated carbocycles. The number of aliphatic carboxylic acids is 1. The Kier molecular flexibility index (Phi) is 1.85. The maximum atomic E-state index is 10.8. The Bertz CT molecular complexity index is 372. The van der Waals surface area contributed by atoms with Crippen LogP contribution in [0.3, 0.4) is 0 Å². The number of dihydropyridines is 1. The molecule has 0 spiro atoms. The molecule has 0 fully saturated rings. The Balaban J connectivity index is 2.49. The first kappa shape index (κ1) is 7.98. The predicted octanol–water partition coefficient (Wildman–Crippen LogP) is 1.34. The van der Waals surface area contributed by atoms with Crippen LogP contribution in [0.4, 0.5) is 0 Å². The number of aliphatic imine (C=N–C) groups is 1. The monoisotopic (exact) mass is 175 g/mol. The first-order chi connectivity index (χ1) is 6.29. The smallest absolute Gasteiger partial charge is 0.337 e. The van der Waals surface area contributed by atoms with Crippen molar-refractivity contribution in [3.63, 3.8) is 0 Å². The highest BCUT2D eigenvalue weighted by Crippen LogP contribution is 2.25. The van der Waals surface area contributed by atoms with Crippen molar-refractivity contribution < 1.29 is 9.90 Å². The molecule has 13 heavy (non-hydrogen) atoms. The predicted molar refractivity (Wildman–Crippen MR) is 49.9 cm³/mol. The average Bonchev–Trinajstić information content (AvgIpc) is 2.17. The third-order valence-corrected chi connectivity index (χ3v) is 2.18. The van der Waals surface area contributed by atoms with Gasteiger partial charge in [0.05, 0.1) is 12.1 Å². The van der Waals surface area contributed by atoms with Crippen molar-refractivity contribution in [3.8, 4) is 0 Å². The Morgan fingerprint density at radius 1 is 1.54 bits per heavy atom. The van der Waals surface area contributed by atoms with Crippen molar-refractivity contribution in [2.45, 2.75) is 6.42 Å². The topological polar surface area (TPSA) is 49.7 Å². The van der Waals surface area contributed by atoms with Gasteiger partial charge < -0.3 is 5.11 Å². The molecule has 1 heterocycles. The van der Waals surface area contributed by atoms with Crippen molar-refractivity contribution in [2.75, 3.05) is 6.54 Å². The lowest BCUT2D eigenvalue weighted by Crippen LogP contribution is -2.13. The largest absolute Gasteiger partial charge is 0.478 e. The van der Waals surface area contributed by atoms with Gasteiger partial charge >= 0.3 is 5.97 Å². The molecule has 0 aromatic heterocycles. The van der Waals surface area contributed by atoms with Gasteiger partial charge in [0.15, 0.2) is 0 Å². The number of hydrogen-bond donors (Lipinski definition) is 1. The van der Waals surface area contributed by atoms with Crippen molar-refractivity contribution in [1.82, 2.24) is 0 Å². The van der Waals surface area contributed by atoms with Crippen LogP contribution in [-0.4, -0.2) is 23.8 Å². The average molecular weight is 175 g/mol. The lowest BCUT2D eigenvalue weighted by molar-refractivity contribution is -0.132. The van der Waals surface area contributed by atoms with E-state index in [1.807, 2.05) is 18.2 Å². The molecule has 1 aliphatic heterocycles. The fourth-order valence-electron chi connectivity index (χ4n) is 1.53. The maximum absolute atomic E-state index is 10.8. The summed E-state index contributed by atoms with van der Waals surface area (Å²) in [6.07, 6.45) is 7.99. The Labute approximate surface area is 75.8 Å². The van der Waals surface area contributed by atoms with Crippen LogP contribution < -0.4 is 0 Å². The highest BCUT2D eigenvalue weighted by Gasteiger charge is 2.19. The molecule has 0 atom stereocenters. The second kappa shape index (κ2) is 3.01. The van der Waals surface area contributed by atoms with E-state index >= 15 is 0 Å². The molecule has 3 nitrogen and oxygen atoms in total. The molecule has 0 aromatic carbocycles. The van der Waals surface area contributed by atoms with Crippen LogP contribution in [0, 0.1) is 0 Å². The van der Waals surface area contributed by atoms with Gasteiger partial charge in [-0.2, -0.15) is 0 Å². The van der Waals surface area contributed by atoms with Crippen molar-refractivity contribution in [3.05, 3.63) is 34.9 Å². The number of rotatable bonds is 1. The summed E-state index contributed by atoms with van der Waals surface area (Å²) in [4.78, 5) is 14.8. The van der Waals surface area contributed by atoms with Gasteiger partial charge in [-0.3, -0.25) is 4.99 Å². The zero-order valence-electron chi connectivity index (χ0n) is 7.03. The number of nitrogens with zero attached hydrogens (tertiary/aromatic N) is 1. The molecular weight excluding hydrogens is 166 g/mol. The molecule has 1 N–H and O–H groups in total. The summed E-state index contributed by atoms with van der Waals surface area (Å²) in [6.45, 7) is 0.608. The summed E-state index contributed by atoms with van der Waals surface area (Å²) in [5.74, 6) is -0.889. The Morgan fingerprint density at radius 3 is 3.15 bits per heavy atom. The molecule has 1 aliphatic carbocycles. The zero-order chi connectivity index (χ0) is 9.26. The van der Waals surface area contributed by atoms with E-state index in [0.29, 0.717) is 18.5 Å². The van der Waals surface area contributed by atoms with Gasteiger partial charge in [0.2, 0.25) is 0 Å².